The smallest absolute Gasteiger partial charge is 0.261 e. The van der Waals surface area contributed by atoms with Crippen molar-refractivity contribution in [3.8, 4) is 0 Å². The number of nitrogens with zero attached hydrogens (tertiary/aromatic N) is 6. The predicted molar refractivity (Wildman–Crippen MR) is 142 cm³/mol. The van der Waals surface area contributed by atoms with Crippen molar-refractivity contribution in [2.75, 3.05) is 39.0 Å². The Morgan fingerprint density at radius 1 is 1.08 bits per heavy atom. The van der Waals surface area contributed by atoms with Crippen molar-refractivity contribution in [1.29, 1.82) is 0 Å². The van der Waals surface area contributed by atoms with E-state index >= 15 is 0 Å². The van der Waals surface area contributed by atoms with Gasteiger partial charge in [-0.05, 0) is 51.9 Å². The second-order valence-corrected chi connectivity index (χ2v) is 9.56. The number of nitrogen functional groups attached to an aromatic ring is 1. The summed E-state index contributed by atoms with van der Waals surface area (Å²) in [6.45, 7) is 8.15. The van der Waals surface area contributed by atoms with Gasteiger partial charge in [0.2, 0.25) is 0 Å². The van der Waals surface area contributed by atoms with E-state index in [0.717, 1.165) is 26.1 Å². The van der Waals surface area contributed by atoms with Gasteiger partial charge in [0.15, 0.2) is 17.3 Å². The highest BCUT2D eigenvalue weighted by atomic mass is 16.5. The highest BCUT2D eigenvalue weighted by Gasteiger charge is 2.34. The SMILES string of the molecule is CC(C)(O)O.CCN(CCCN1C(=O)c2ccccc2C1=O)CC(CCn1cnc2c(N)ncnc21)OC. The molecule has 0 radical (unpaired) electrons. The van der Waals surface area contributed by atoms with E-state index in [1.165, 1.54) is 25.1 Å². The molecule has 2 amide bonds. The summed E-state index contributed by atoms with van der Waals surface area (Å²) in [6, 6.07) is 6.99. The molecule has 1 atom stereocenters. The van der Waals surface area contributed by atoms with E-state index in [-0.39, 0.29) is 17.9 Å². The zero-order chi connectivity index (χ0) is 27.9. The molecule has 12 heteroatoms. The van der Waals surface area contributed by atoms with Crippen LogP contribution >= 0.6 is 0 Å². The molecule has 0 bridgehead atoms. The van der Waals surface area contributed by atoms with Crippen LogP contribution in [0.5, 0.6) is 0 Å². The molecule has 1 unspecified atom stereocenters. The summed E-state index contributed by atoms with van der Waals surface area (Å²) in [5.41, 5.74) is 8.17. The van der Waals surface area contributed by atoms with Crippen LogP contribution < -0.4 is 5.73 Å². The number of methoxy groups -OCH3 is 1. The molecule has 4 rings (SSSR count). The Balaban J connectivity index is 0.000000732. The molecule has 0 saturated heterocycles. The normalized spacial score (nSPS) is 14.1. The maximum Gasteiger partial charge on any atom is 0.261 e. The molecule has 38 heavy (non-hydrogen) atoms. The number of rotatable bonds is 11. The number of aromatic nitrogens is 4. The third kappa shape index (κ3) is 7.54. The van der Waals surface area contributed by atoms with Crippen LogP contribution in [0.15, 0.2) is 36.9 Å². The lowest BCUT2D eigenvalue weighted by Crippen LogP contribution is -2.37. The Morgan fingerprint density at radius 2 is 1.71 bits per heavy atom. The van der Waals surface area contributed by atoms with E-state index in [9.17, 15) is 9.59 Å². The van der Waals surface area contributed by atoms with Crippen molar-refractivity contribution < 1.29 is 24.5 Å². The molecule has 0 saturated carbocycles. The maximum atomic E-state index is 12.5. The quantitative estimate of drug-likeness (QED) is 0.246. The van der Waals surface area contributed by atoms with E-state index in [1.807, 2.05) is 4.57 Å². The predicted octanol–water partition coefficient (Wildman–Crippen LogP) is 1.53. The van der Waals surface area contributed by atoms with E-state index < -0.39 is 5.79 Å². The second kappa shape index (κ2) is 12.9. The maximum absolute atomic E-state index is 12.5. The van der Waals surface area contributed by atoms with Gasteiger partial charge in [0.1, 0.15) is 11.8 Å². The average Bonchev–Trinajstić information content (AvgIpc) is 3.40. The summed E-state index contributed by atoms with van der Waals surface area (Å²) in [4.78, 5) is 41.3. The van der Waals surface area contributed by atoms with Crippen LogP contribution in [-0.4, -0.2) is 96.5 Å². The van der Waals surface area contributed by atoms with E-state index in [0.29, 0.717) is 47.6 Å². The minimum Gasteiger partial charge on any atom is -0.382 e. The number of imidazole rings is 1. The minimum absolute atomic E-state index is 0.0147. The van der Waals surface area contributed by atoms with Gasteiger partial charge in [0, 0.05) is 26.7 Å². The fourth-order valence-electron chi connectivity index (χ4n) is 4.19. The summed E-state index contributed by atoms with van der Waals surface area (Å²) in [6.07, 6.45) is 4.67. The molecule has 0 fully saturated rings. The van der Waals surface area contributed by atoms with Gasteiger partial charge in [-0.3, -0.25) is 14.5 Å². The molecule has 3 heterocycles. The molecule has 0 aliphatic carbocycles. The number of carbonyl (C=O) groups excluding carboxylic acids is 2. The van der Waals surface area contributed by atoms with Gasteiger partial charge in [-0.2, -0.15) is 0 Å². The number of aryl methyl sites for hydroxylation is 1. The molecule has 1 aromatic carbocycles. The molecule has 2 aromatic heterocycles. The summed E-state index contributed by atoms with van der Waals surface area (Å²) in [7, 11) is 1.71. The molecule has 1 aliphatic rings. The van der Waals surface area contributed by atoms with E-state index in [4.69, 9.17) is 20.7 Å². The zero-order valence-corrected chi connectivity index (χ0v) is 22.4. The summed E-state index contributed by atoms with van der Waals surface area (Å²) in [5.74, 6) is -1.53. The molecule has 4 N–H and O–H groups in total. The third-order valence-corrected chi connectivity index (χ3v) is 6.10. The first kappa shape index (κ1) is 29.1. The number of hydrogen-bond donors (Lipinski definition) is 3. The molecular formula is C26H37N7O5. The van der Waals surface area contributed by atoms with E-state index in [2.05, 4.69) is 26.8 Å². The Bertz CT molecular complexity index is 1200. The van der Waals surface area contributed by atoms with Crippen molar-refractivity contribution in [3.63, 3.8) is 0 Å². The Morgan fingerprint density at radius 3 is 2.29 bits per heavy atom. The Hall–Kier alpha value is -3.45. The van der Waals surface area contributed by atoms with Crippen LogP contribution in [0, 0.1) is 0 Å². The van der Waals surface area contributed by atoms with Gasteiger partial charge in [-0.25, -0.2) is 15.0 Å². The summed E-state index contributed by atoms with van der Waals surface area (Å²) >= 11 is 0. The van der Waals surface area contributed by atoms with Crippen LogP contribution in [0.4, 0.5) is 5.82 Å². The van der Waals surface area contributed by atoms with Gasteiger partial charge in [0.05, 0.1) is 23.6 Å². The minimum atomic E-state index is -1.50. The Labute approximate surface area is 222 Å². The van der Waals surface area contributed by atoms with Gasteiger partial charge < -0.3 is 30.2 Å². The number of nitrogens with two attached hydrogens (primary N) is 1. The lowest BCUT2D eigenvalue weighted by Gasteiger charge is -2.26. The fourth-order valence-corrected chi connectivity index (χ4v) is 4.19. The molecule has 0 spiro atoms. The molecular weight excluding hydrogens is 490 g/mol. The van der Waals surface area contributed by atoms with Crippen molar-refractivity contribution in [2.45, 2.75) is 52.0 Å². The molecule has 1 aliphatic heterocycles. The summed E-state index contributed by atoms with van der Waals surface area (Å²) in [5, 5.41) is 16.2. The number of carbonyl (C=O) groups is 2. The number of aliphatic hydroxyl groups is 2. The van der Waals surface area contributed by atoms with Crippen LogP contribution in [-0.2, 0) is 11.3 Å². The second-order valence-electron chi connectivity index (χ2n) is 9.56. The average molecular weight is 528 g/mol. The largest absolute Gasteiger partial charge is 0.382 e. The fraction of sp³-hybridized carbons (Fsp3) is 0.500. The lowest BCUT2D eigenvalue weighted by atomic mass is 10.1. The van der Waals surface area contributed by atoms with Crippen LogP contribution in [0.25, 0.3) is 11.2 Å². The number of anilines is 1. The highest BCUT2D eigenvalue weighted by Crippen LogP contribution is 2.22. The molecule has 206 valence electrons. The number of amides is 2. The monoisotopic (exact) mass is 527 g/mol. The number of hydrogen-bond acceptors (Lipinski definition) is 10. The van der Waals surface area contributed by atoms with Crippen LogP contribution in [0.1, 0.15) is 54.3 Å². The van der Waals surface area contributed by atoms with E-state index in [1.54, 1.807) is 37.7 Å². The highest BCUT2D eigenvalue weighted by molar-refractivity contribution is 6.21. The number of imide groups is 1. The Kier molecular flexibility index (Phi) is 9.86. The third-order valence-electron chi connectivity index (χ3n) is 6.10. The van der Waals surface area contributed by atoms with Gasteiger partial charge >= 0.3 is 0 Å². The van der Waals surface area contributed by atoms with Crippen LogP contribution in [0.2, 0.25) is 0 Å². The lowest BCUT2D eigenvalue weighted by molar-refractivity contribution is -0.127. The molecule has 3 aromatic rings. The number of likely N-dealkylation sites (N-methyl/N-ethyl adjacent to an activating group) is 1. The van der Waals surface area contributed by atoms with Crippen molar-refractivity contribution in [3.05, 3.63) is 48.0 Å². The first-order valence-corrected chi connectivity index (χ1v) is 12.6. The van der Waals surface area contributed by atoms with Gasteiger partial charge in [-0.1, -0.05) is 19.1 Å². The first-order chi connectivity index (χ1) is 18.0. The number of benzene rings is 1. The van der Waals surface area contributed by atoms with Crippen molar-refractivity contribution in [2.24, 2.45) is 0 Å². The number of fused-ring (bicyclic) bond motifs is 2. The summed E-state index contributed by atoms with van der Waals surface area (Å²) < 4.78 is 7.68. The van der Waals surface area contributed by atoms with Crippen molar-refractivity contribution in [1.82, 2.24) is 29.3 Å². The standard InChI is InChI=1S/C23H29N7O3.C3H8O2/c1-3-28(10-6-11-30-22(31)17-7-4-5-8-18(17)23(30)32)13-16(33-2)9-12-29-15-27-19-20(24)25-14-26-21(19)29;1-3(2,4)5/h4-5,7-8,14-16H,3,6,9-13H2,1-2H3,(H2,24,25,26);4-5H,1-2H3. The topological polar surface area (TPSA) is 160 Å². The first-order valence-electron chi connectivity index (χ1n) is 12.6. The molecule has 12 nitrogen and oxygen atoms in total. The van der Waals surface area contributed by atoms with Crippen molar-refractivity contribution >= 4 is 28.8 Å². The van der Waals surface area contributed by atoms with Crippen LogP contribution in [0.3, 0.4) is 0 Å². The zero-order valence-electron chi connectivity index (χ0n) is 22.4. The van der Waals surface area contributed by atoms with Gasteiger partial charge in [-0.15, -0.1) is 0 Å². The number of ether oxygens (including phenoxy) is 1. The van der Waals surface area contributed by atoms with Gasteiger partial charge in [0.25, 0.3) is 11.8 Å².